The Hall–Kier alpha value is -0.980. The van der Waals surface area contributed by atoms with E-state index in [0.717, 1.165) is 0 Å². The molecule has 1 fully saturated rings. The van der Waals surface area contributed by atoms with Crippen molar-refractivity contribution in [2.24, 2.45) is 0 Å². The smallest absolute Gasteiger partial charge is 0.263 e. The molecule has 1 aliphatic heterocycles. The molecule has 2 atom stereocenters. The molecule has 2 unspecified atom stereocenters. The Morgan fingerprint density at radius 2 is 2.57 bits per heavy atom. The van der Waals surface area contributed by atoms with Crippen LogP contribution >= 0.6 is 11.3 Å². The van der Waals surface area contributed by atoms with E-state index in [4.69, 9.17) is 4.74 Å². The van der Waals surface area contributed by atoms with Gasteiger partial charge in [0, 0.05) is 0 Å². The molecule has 0 spiro atoms. The first kappa shape index (κ1) is 9.57. The standard InChI is InChI=1S/C8H10N2O3S/c11-6-3-13-2-5(6)10-8(12)7-1-9-4-14-7/h1,4-6,11H,2-3H2,(H,10,12). The van der Waals surface area contributed by atoms with Gasteiger partial charge in [0.15, 0.2) is 0 Å². The number of aromatic nitrogens is 1. The van der Waals surface area contributed by atoms with E-state index in [-0.39, 0.29) is 18.6 Å². The Labute approximate surface area is 84.7 Å². The summed E-state index contributed by atoms with van der Waals surface area (Å²) in [6.07, 6.45) is 0.897. The minimum atomic E-state index is -0.605. The number of aliphatic hydroxyl groups excluding tert-OH is 1. The second-order valence-electron chi connectivity index (χ2n) is 3.05. The van der Waals surface area contributed by atoms with Gasteiger partial charge in [0.25, 0.3) is 5.91 Å². The summed E-state index contributed by atoms with van der Waals surface area (Å²) in [5.74, 6) is -0.206. The molecular formula is C8H10N2O3S. The van der Waals surface area contributed by atoms with Crippen LogP contribution < -0.4 is 5.32 Å². The molecule has 0 saturated carbocycles. The number of hydrogen-bond acceptors (Lipinski definition) is 5. The summed E-state index contributed by atoms with van der Waals surface area (Å²) in [5, 5.41) is 12.1. The van der Waals surface area contributed by atoms with Gasteiger partial charge in [0.2, 0.25) is 0 Å². The van der Waals surface area contributed by atoms with Crippen LogP contribution in [0.4, 0.5) is 0 Å². The van der Waals surface area contributed by atoms with Crippen molar-refractivity contribution in [2.75, 3.05) is 13.2 Å². The van der Waals surface area contributed by atoms with Gasteiger partial charge in [0.1, 0.15) is 4.88 Å². The van der Waals surface area contributed by atoms with Crippen LogP contribution in [0.3, 0.4) is 0 Å². The van der Waals surface area contributed by atoms with Gasteiger partial charge in [-0.1, -0.05) is 0 Å². The summed E-state index contributed by atoms with van der Waals surface area (Å²) in [4.78, 5) is 15.8. The van der Waals surface area contributed by atoms with Crippen molar-refractivity contribution >= 4 is 17.2 Å². The fourth-order valence-electron chi connectivity index (χ4n) is 1.25. The number of amides is 1. The van der Waals surface area contributed by atoms with Gasteiger partial charge in [-0.2, -0.15) is 0 Å². The number of thiazole rings is 1. The molecule has 1 amide bonds. The van der Waals surface area contributed by atoms with Gasteiger partial charge in [0.05, 0.1) is 37.1 Å². The first-order valence-corrected chi connectivity index (χ1v) is 5.10. The molecule has 1 aliphatic rings. The maximum Gasteiger partial charge on any atom is 0.263 e. The predicted octanol–water partition coefficient (Wildman–Crippen LogP) is -0.367. The van der Waals surface area contributed by atoms with Crippen molar-refractivity contribution in [2.45, 2.75) is 12.1 Å². The first-order valence-electron chi connectivity index (χ1n) is 4.22. The summed E-state index contributed by atoms with van der Waals surface area (Å²) in [6, 6.07) is -0.301. The molecule has 2 rings (SSSR count). The number of rotatable bonds is 2. The lowest BCUT2D eigenvalue weighted by atomic mass is 10.2. The van der Waals surface area contributed by atoms with Crippen LogP contribution in [0.5, 0.6) is 0 Å². The maximum atomic E-state index is 11.5. The third kappa shape index (κ3) is 1.92. The Bertz CT molecular complexity index is 314. The number of aliphatic hydroxyl groups is 1. The number of carbonyl (C=O) groups is 1. The number of hydrogen-bond donors (Lipinski definition) is 2. The zero-order valence-corrected chi connectivity index (χ0v) is 8.16. The summed E-state index contributed by atoms with van der Waals surface area (Å²) in [5.41, 5.74) is 1.59. The molecule has 2 heterocycles. The average Bonchev–Trinajstić information content (AvgIpc) is 2.77. The lowest BCUT2D eigenvalue weighted by Gasteiger charge is -2.13. The van der Waals surface area contributed by atoms with E-state index in [9.17, 15) is 9.90 Å². The van der Waals surface area contributed by atoms with Crippen LogP contribution in [-0.2, 0) is 4.74 Å². The SMILES string of the molecule is O=C(NC1COCC1O)c1cncs1. The van der Waals surface area contributed by atoms with Gasteiger partial charge in [-0.05, 0) is 0 Å². The molecule has 0 aliphatic carbocycles. The lowest BCUT2D eigenvalue weighted by molar-refractivity contribution is 0.0890. The molecule has 1 aromatic heterocycles. The van der Waals surface area contributed by atoms with Crippen LogP contribution in [0.15, 0.2) is 11.7 Å². The molecule has 14 heavy (non-hydrogen) atoms. The third-order valence-electron chi connectivity index (χ3n) is 2.02. The summed E-state index contributed by atoms with van der Waals surface area (Å²) in [6.45, 7) is 0.652. The van der Waals surface area contributed by atoms with E-state index in [1.165, 1.54) is 17.5 Å². The van der Waals surface area contributed by atoms with Gasteiger partial charge in [-0.15, -0.1) is 11.3 Å². The van der Waals surface area contributed by atoms with E-state index in [1.807, 2.05) is 0 Å². The monoisotopic (exact) mass is 214 g/mol. The van der Waals surface area contributed by atoms with Crippen LogP contribution in [0.25, 0.3) is 0 Å². The summed E-state index contributed by atoms with van der Waals surface area (Å²) < 4.78 is 5.01. The summed E-state index contributed by atoms with van der Waals surface area (Å²) in [7, 11) is 0. The Balaban J connectivity index is 1.95. The first-order chi connectivity index (χ1) is 6.77. The largest absolute Gasteiger partial charge is 0.388 e. The van der Waals surface area contributed by atoms with Crippen molar-refractivity contribution in [1.82, 2.24) is 10.3 Å². The maximum absolute atomic E-state index is 11.5. The quantitative estimate of drug-likeness (QED) is 0.704. The van der Waals surface area contributed by atoms with Crippen LogP contribution in [0.2, 0.25) is 0 Å². The third-order valence-corrected chi connectivity index (χ3v) is 2.79. The molecule has 1 aromatic rings. The Morgan fingerprint density at radius 1 is 1.71 bits per heavy atom. The van der Waals surface area contributed by atoms with Crippen LogP contribution in [0, 0.1) is 0 Å². The zero-order chi connectivity index (χ0) is 9.97. The van der Waals surface area contributed by atoms with Crippen molar-refractivity contribution in [3.8, 4) is 0 Å². The van der Waals surface area contributed by atoms with Crippen molar-refractivity contribution in [3.63, 3.8) is 0 Å². The average molecular weight is 214 g/mol. The highest BCUT2D eigenvalue weighted by Gasteiger charge is 2.27. The van der Waals surface area contributed by atoms with Crippen molar-refractivity contribution in [1.29, 1.82) is 0 Å². The zero-order valence-electron chi connectivity index (χ0n) is 7.34. The van der Waals surface area contributed by atoms with E-state index >= 15 is 0 Å². The van der Waals surface area contributed by atoms with E-state index in [1.54, 1.807) is 5.51 Å². The highest BCUT2D eigenvalue weighted by Crippen LogP contribution is 2.09. The van der Waals surface area contributed by atoms with E-state index in [0.29, 0.717) is 11.5 Å². The van der Waals surface area contributed by atoms with Crippen molar-refractivity contribution in [3.05, 3.63) is 16.6 Å². The van der Waals surface area contributed by atoms with Crippen LogP contribution in [0.1, 0.15) is 9.67 Å². The Kier molecular flexibility index (Phi) is 2.76. The van der Waals surface area contributed by atoms with Crippen molar-refractivity contribution < 1.29 is 14.6 Å². The molecule has 0 aromatic carbocycles. The fraction of sp³-hybridized carbons (Fsp3) is 0.500. The van der Waals surface area contributed by atoms with Gasteiger partial charge < -0.3 is 15.2 Å². The summed E-state index contributed by atoms with van der Waals surface area (Å²) >= 11 is 1.27. The minimum absolute atomic E-state index is 0.206. The normalized spacial score (nSPS) is 26.4. The number of nitrogens with one attached hydrogen (secondary N) is 1. The second-order valence-corrected chi connectivity index (χ2v) is 3.94. The predicted molar refractivity (Wildman–Crippen MR) is 50.2 cm³/mol. The second kappa shape index (κ2) is 4.04. The number of carbonyl (C=O) groups excluding carboxylic acids is 1. The highest BCUT2D eigenvalue weighted by molar-refractivity contribution is 7.11. The highest BCUT2D eigenvalue weighted by atomic mass is 32.1. The fourth-order valence-corrected chi connectivity index (χ4v) is 1.77. The topological polar surface area (TPSA) is 71.5 Å². The number of ether oxygens (including phenoxy) is 1. The molecule has 2 N–H and O–H groups in total. The minimum Gasteiger partial charge on any atom is -0.388 e. The Morgan fingerprint density at radius 3 is 3.14 bits per heavy atom. The lowest BCUT2D eigenvalue weighted by Crippen LogP contribution is -2.42. The molecule has 6 heteroatoms. The van der Waals surface area contributed by atoms with E-state index < -0.39 is 6.10 Å². The van der Waals surface area contributed by atoms with E-state index in [2.05, 4.69) is 10.3 Å². The van der Waals surface area contributed by atoms with Gasteiger partial charge in [-0.25, -0.2) is 0 Å². The van der Waals surface area contributed by atoms with Gasteiger partial charge in [-0.3, -0.25) is 9.78 Å². The molecular weight excluding hydrogens is 204 g/mol. The molecule has 5 nitrogen and oxygen atoms in total. The molecule has 0 radical (unpaired) electrons. The molecule has 0 bridgehead atoms. The number of nitrogens with zero attached hydrogens (tertiary/aromatic N) is 1. The molecule has 1 saturated heterocycles. The molecule has 76 valence electrons. The van der Waals surface area contributed by atoms with Gasteiger partial charge >= 0.3 is 0 Å². The van der Waals surface area contributed by atoms with Crippen LogP contribution in [-0.4, -0.2) is 41.4 Å².